The van der Waals surface area contributed by atoms with E-state index in [1.165, 1.54) is 6.33 Å². The average Bonchev–Trinajstić information content (AvgIpc) is 2.85. The number of methoxy groups -OCH3 is 1. The summed E-state index contributed by atoms with van der Waals surface area (Å²) < 4.78 is 6.94. The van der Waals surface area contributed by atoms with Gasteiger partial charge in [-0.1, -0.05) is 0 Å². The molecule has 18 heavy (non-hydrogen) atoms. The molecule has 96 valence electrons. The molecule has 0 spiro atoms. The smallest absolute Gasteiger partial charge is 0.142 e. The van der Waals surface area contributed by atoms with Gasteiger partial charge in [0.25, 0.3) is 0 Å². The lowest BCUT2D eigenvalue weighted by atomic mass is 10.1. The Balaban J connectivity index is 2.19. The van der Waals surface area contributed by atoms with Gasteiger partial charge in [-0.05, 0) is 13.0 Å². The van der Waals surface area contributed by atoms with E-state index < -0.39 is 6.10 Å². The van der Waals surface area contributed by atoms with Crippen molar-refractivity contribution in [3.05, 3.63) is 36.2 Å². The molecule has 0 radical (unpaired) electrons. The highest BCUT2D eigenvalue weighted by atomic mass is 16.5. The van der Waals surface area contributed by atoms with Crippen LogP contribution in [0.5, 0.6) is 5.75 Å². The third-order valence-corrected chi connectivity index (χ3v) is 2.77. The first kappa shape index (κ1) is 12.5. The van der Waals surface area contributed by atoms with E-state index >= 15 is 0 Å². The molecule has 0 aliphatic rings. The molecule has 6 nitrogen and oxygen atoms in total. The van der Waals surface area contributed by atoms with Crippen molar-refractivity contribution in [2.24, 2.45) is 0 Å². The maximum absolute atomic E-state index is 10.2. The highest BCUT2D eigenvalue weighted by molar-refractivity contribution is 5.32. The van der Waals surface area contributed by atoms with Gasteiger partial charge in [-0.3, -0.25) is 9.67 Å². The number of rotatable bonds is 5. The second-order valence-electron chi connectivity index (χ2n) is 3.83. The number of pyridine rings is 1. The van der Waals surface area contributed by atoms with Gasteiger partial charge in [0.15, 0.2) is 0 Å². The largest absolute Gasteiger partial charge is 0.495 e. The van der Waals surface area contributed by atoms with Crippen molar-refractivity contribution in [3.63, 3.8) is 0 Å². The fraction of sp³-hybridized carbons (Fsp3) is 0.417. The zero-order valence-corrected chi connectivity index (χ0v) is 10.4. The highest BCUT2D eigenvalue weighted by Crippen LogP contribution is 2.25. The quantitative estimate of drug-likeness (QED) is 0.853. The van der Waals surface area contributed by atoms with Crippen LogP contribution >= 0.6 is 0 Å². The summed E-state index contributed by atoms with van der Waals surface area (Å²) in [4.78, 5) is 8.10. The van der Waals surface area contributed by atoms with Gasteiger partial charge < -0.3 is 9.84 Å². The molecule has 2 aromatic heterocycles. The van der Waals surface area contributed by atoms with Crippen LogP contribution in [-0.4, -0.2) is 32.0 Å². The van der Waals surface area contributed by atoms with Crippen LogP contribution in [0.25, 0.3) is 0 Å². The zero-order valence-electron chi connectivity index (χ0n) is 10.4. The minimum Gasteiger partial charge on any atom is -0.495 e. The predicted octanol–water partition coefficient (Wildman–Crippen LogP) is 0.978. The van der Waals surface area contributed by atoms with E-state index in [0.29, 0.717) is 17.7 Å². The third kappa shape index (κ3) is 2.48. The molecule has 0 bridgehead atoms. The molecule has 0 saturated carbocycles. The van der Waals surface area contributed by atoms with Gasteiger partial charge in [0.2, 0.25) is 0 Å². The normalized spacial score (nSPS) is 12.4. The van der Waals surface area contributed by atoms with E-state index in [1.54, 1.807) is 30.3 Å². The Kier molecular flexibility index (Phi) is 3.88. The molecule has 2 aromatic rings. The van der Waals surface area contributed by atoms with Crippen LogP contribution in [0.1, 0.15) is 24.4 Å². The topological polar surface area (TPSA) is 73.1 Å². The summed E-state index contributed by atoms with van der Waals surface area (Å²) in [6.07, 6.45) is 4.43. The van der Waals surface area contributed by atoms with Crippen LogP contribution < -0.4 is 4.74 Å². The average molecular weight is 248 g/mol. The molecule has 0 aromatic carbocycles. The van der Waals surface area contributed by atoms with Gasteiger partial charge in [0.05, 0.1) is 19.4 Å². The van der Waals surface area contributed by atoms with Crippen LogP contribution in [0.2, 0.25) is 0 Å². The summed E-state index contributed by atoms with van der Waals surface area (Å²) in [5.74, 6) is 1.33. The van der Waals surface area contributed by atoms with Crippen LogP contribution in [-0.2, 0) is 13.0 Å². The zero-order chi connectivity index (χ0) is 13.0. The second-order valence-corrected chi connectivity index (χ2v) is 3.83. The summed E-state index contributed by atoms with van der Waals surface area (Å²) >= 11 is 0. The van der Waals surface area contributed by atoms with Crippen LogP contribution in [0, 0.1) is 0 Å². The van der Waals surface area contributed by atoms with Crippen molar-refractivity contribution >= 4 is 0 Å². The summed E-state index contributed by atoms with van der Waals surface area (Å²) in [6, 6.07) is 1.75. The number of aromatic nitrogens is 4. The molecule has 0 aliphatic heterocycles. The third-order valence-electron chi connectivity index (χ3n) is 2.77. The Hall–Kier alpha value is -1.95. The molecule has 2 rings (SSSR count). The lowest BCUT2D eigenvalue weighted by Crippen LogP contribution is -2.10. The Bertz CT molecular complexity index is 512. The molecule has 6 heteroatoms. The Labute approximate surface area is 105 Å². The number of aliphatic hydroxyl groups is 1. The molecule has 0 amide bonds. The molecule has 1 N–H and O–H groups in total. The Morgan fingerprint density at radius 3 is 3.06 bits per heavy atom. The van der Waals surface area contributed by atoms with Gasteiger partial charge >= 0.3 is 0 Å². The van der Waals surface area contributed by atoms with E-state index in [4.69, 9.17) is 4.74 Å². The monoisotopic (exact) mass is 248 g/mol. The molecule has 0 saturated heterocycles. The van der Waals surface area contributed by atoms with Crippen LogP contribution in [0.4, 0.5) is 0 Å². The van der Waals surface area contributed by atoms with Gasteiger partial charge in [-0.2, -0.15) is 5.10 Å². The molecule has 0 fully saturated rings. The number of aryl methyl sites for hydroxylation is 1. The summed E-state index contributed by atoms with van der Waals surface area (Å²) in [5, 5.41) is 14.3. The SMILES string of the molecule is CCn1ncnc1CC(O)c1ccncc1OC. The number of nitrogens with zero attached hydrogens (tertiary/aromatic N) is 4. The number of hydrogen-bond donors (Lipinski definition) is 1. The summed E-state index contributed by atoms with van der Waals surface area (Å²) in [5.41, 5.74) is 0.707. The van der Waals surface area contributed by atoms with Crippen molar-refractivity contribution in [1.29, 1.82) is 0 Å². The first-order valence-corrected chi connectivity index (χ1v) is 5.79. The van der Waals surface area contributed by atoms with Gasteiger partial charge in [-0.15, -0.1) is 0 Å². The van der Waals surface area contributed by atoms with Gasteiger partial charge in [-0.25, -0.2) is 4.98 Å². The highest BCUT2D eigenvalue weighted by Gasteiger charge is 2.16. The lowest BCUT2D eigenvalue weighted by molar-refractivity contribution is 0.169. The standard InChI is InChI=1S/C12H16N4O2/c1-3-16-12(14-8-15-16)6-10(17)9-4-5-13-7-11(9)18-2/h4-5,7-8,10,17H,3,6H2,1-2H3. The van der Waals surface area contributed by atoms with Crippen molar-refractivity contribution in [3.8, 4) is 5.75 Å². The van der Waals surface area contributed by atoms with E-state index in [1.807, 2.05) is 6.92 Å². The Morgan fingerprint density at radius 2 is 2.33 bits per heavy atom. The first-order valence-electron chi connectivity index (χ1n) is 5.79. The maximum atomic E-state index is 10.2. The number of aliphatic hydroxyl groups excluding tert-OH is 1. The maximum Gasteiger partial charge on any atom is 0.142 e. The summed E-state index contributed by atoms with van der Waals surface area (Å²) in [6.45, 7) is 2.72. The van der Waals surface area contributed by atoms with Crippen LogP contribution in [0.3, 0.4) is 0 Å². The van der Waals surface area contributed by atoms with Gasteiger partial charge in [0, 0.05) is 24.7 Å². The van der Waals surface area contributed by atoms with Crippen LogP contribution in [0.15, 0.2) is 24.8 Å². The molecular formula is C12H16N4O2. The van der Waals surface area contributed by atoms with E-state index in [2.05, 4.69) is 15.1 Å². The van der Waals surface area contributed by atoms with E-state index in [0.717, 1.165) is 12.4 Å². The first-order chi connectivity index (χ1) is 8.76. The minimum atomic E-state index is -0.683. The summed E-state index contributed by atoms with van der Waals surface area (Å²) in [7, 11) is 1.56. The number of hydrogen-bond acceptors (Lipinski definition) is 5. The van der Waals surface area contributed by atoms with Crippen molar-refractivity contribution < 1.29 is 9.84 Å². The van der Waals surface area contributed by atoms with Gasteiger partial charge in [0.1, 0.15) is 17.9 Å². The molecular weight excluding hydrogens is 232 g/mol. The second kappa shape index (κ2) is 5.59. The molecule has 0 aliphatic carbocycles. The van der Waals surface area contributed by atoms with Crippen molar-refractivity contribution in [2.75, 3.05) is 7.11 Å². The van der Waals surface area contributed by atoms with E-state index in [-0.39, 0.29) is 0 Å². The molecule has 1 atom stereocenters. The fourth-order valence-corrected chi connectivity index (χ4v) is 1.83. The predicted molar refractivity (Wildman–Crippen MR) is 65.1 cm³/mol. The molecule has 1 unspecified atom stereocenters. The van der Waals surface area contributed by atoms with E-state index in [9.17, 15) is 5.11 Å². The Morgan fingerprint density at radius 1 is 1.50 bits per heavy atom. The molecule has 2 heterocycles. The minimum absolute atomic E-state index is 0.397. The fourth-order valence-electron chi connectivity index (χ4n) is 1.83. The lowest BCUT2D eigenvalue weighted by Gasteiger charge is -2.14. The van der Waals surface area contributed by atoms with Crippen molar-refractivity contribution in [1.82, 2.24) is 19.7 Å². The van der Waals surface area contributed by atoms with Crippen molar-refractivity contribution in [2.45, 2.75) is 26.0 Å². The number of ether oxygens (including phenoxy) is 1.